The molecule has 172 valence electrons. The quantitative estimate of drug-likeness (QED) is 0.545. The third-order valence-corrected chi connectivity index (χ3v) is 4.71. The Kier molecular flexibility index (Phi) is 12.8. The predicted molar refractivity (Wildman–Crippen MR) is 126 cm³/mol. The van der Waals surface area contributed by atoms with Crippen LogP contribution in [0.5, 0.6) is 11.5 Å². The van der Waals surface area contributed by atoms with Gasteiger partial charge in [-0.2, -0.15) is 0 Å². The van der Waals surface area contributed by atoms with E-state index in [2.05, 4.69) is 48.7 Å². The van der Waals surface area contributed by atoms with Gasteiger partial charge in [-0.3, -0.25) is 4.90 Å². The normalized spacial score (nSPS) is 11.2. The molecule has 0 fully saturated rings. The second-order valence-corrected chi connectivity index (χ2v) is 7.11. The molecule has 0 aromatic heterocycles. The van der Waals surface area contributed by atoms with Gasteiger partial charge >= 0.3 is 6.09 Å². The van der Waals surface area contributed by atoms with Crippen molar-refractivity contribution in [2.45, 2.75) is 46.8 Å². The Bertz CT molecular complexity index is 752. The van der Waals surface area contributed by atoms with Crippen molar-refractivity contribution in [3.05, 3.63) is 59.7 Å². The lowest BCUT2D eigenvalue weighted by Gasteiger charge is -2.28. The highest BCUT2D eigenvalue weighted by molar-refractivity contribution is 5.66. The van der Waals surface area contributed by atoms with E-state index in [0.29, 0.717) is 18.9 Å². The van der Waals surface area contributed by atoms with Gasteiger partial charge in [0.15, 0.2) is 11.5 Å². The van der Waals surface area contributed by atoms with Gasteiger partial charge < -0.3 is 19.5 Å². The second kappa shape index (κ2) is 15.1. The van der Waals surface area contributed by atoms with Gasteiger partial charge in [0.05, 0.1) is 14.2 Å². The lowest BCUT2D eigenvalue weighted by Crippen LogP contribution is -2.36. The van der Waals surface area contributed by atoms with Gasteiger partial charge in [0.2, 0.25) is 0 Å². The third kappa shape index (κ3) is 9.30. The molecule has 0 heterocycles. The zero-order chi connectivity index (χ0) is 23.1. The second-order valence-electron chi connectivity index (χ2n) is 7.11. The summed E-state index contributed by atoms with van der Waals surface area (Å²) in [6.07, 6.45) is 0.838. The van der Waals surface area contributed by atoms with E-state index in [9.17, 15) is 4.79 Å². The fourth-order valence-corrected chi connectivity index (χ4v) is 3.01. The number of carbonyl (C=O) groups is 1. The number of likely N-dealkylation sites (N-methyl/N-ethyl adjacent to an activating group) is 1. The number of rotatable bonds is 10. The number of nitrogens with zero attached hydrogens (tertiary/aromatic N) is 1. The average molecular weight is 431 g/mol. The molecule has 0 saturated heterocycles. The number of carbonyl (C=O) groups excluding carboxylic acids is 1. The summed E-state index contributed by atoms with van der Waals surface area (Å²) < 4.78 is 16.1. The fraction of sp³-hybridized carbons (Fsp3) is 0.480. The highest BCUT2D eigenvalue weighted by Gasteiger charge is 2.17. The smallest absolute Gasteiger partial charge is 0.406 e. The molecule has 1 amide bonds. The summed E-state index contributed by atoms with van der Waals surface area (Å²) >= 11 is 0. The van der Waals surface area contributed by atoms with Crippen LogP contribution in [0.3, 0.4) is 0 Å². The molecule has 0 aliphatic rings. The number of nitrogens with one attached hydrogen (secondary N) is 1. The Morgan fingerprint density at radius 2 is 1.71 bits per heavy atom. The fourth-order valence-electron chi connectivity index (χ4n) is 3.01. The van der Waals surface area contributed by atoms with Gasteiger partial charge in [0.1, 0.15) is 6.61 Å². The first kappa shape index (κ1) is 26.3. The molecular weight excluding hydrogens is 392 g/mol. The van der Waals surface area contributed by atoms with E-state index in [1.807, 2.05) is 42.5 Å². The minimum absolute atomic E-state index is 0.168. The van der Waals surface area contributed by atoms with Gasteiger partial charge in [-0.25, -0.2) is 4.79 Å². The van der Waals surface area contributed by atoms with Crippen LogP contribution >= 0.6 is 0 Å². The Morgan fingerprint density at radius 1 is 1.03 bits per heavy atom. The maximum atomic E-state index is 11.2. The van der Waals surface area contributed by atoms with E-state index in [1.165, 1.54) is 13.5 Å². The summed E-state index contributed by atoms with van der Waals surface area (Å²) in [5, 5.41) is 2.72. The molecule has 0 saturated carbocycles. The third-order valence-electron chi connectivity index (χ3n) is 4.71. The Morgan fingerprint density at radius 3 is 2.29 bits per heavy atom. The van der Waals surface area contributed by atoms with E-state index in [4.69, 9.17) is 9.47 Å². The first-order valence-corrected chi connectivity index (χ1v) is 10.9. The van der Waals surface area contributed by atoms with E-state index < -0.39 is 6.09 Å². The van der Waals surface area contributed by atoms with Crippen LogP contribution in [0.15, 0.2) is 48.5 Å². The lowest BCUT2D eigenvalue weighted by atomic mass is 10.1. The number of alkyl carbamates (subject to hydrolysis) is 1. The van der Waals surface area contributed by atoms with Crippen LogP contribution in [-0.2, 0) is 11.3 Å². The Balaban J connectivity index is 0.00000151. The number of benzene rings is 2. The number of amides is 1. The minimum atomic E-state index is -0.412. The van der Waals surface area contributed by atoms with Gasteiger partial charge in [-0.05, 0) is 36.7 Å². The maximum absolute atomic E-state index is 11.2. The van der Waals surface area contributed by atoms with Gasteiger partial charge in [-0.15, -0.1) is 0 Å². The van der Waals surface area contributed by atoms with Crippen LogP contribution in [-0.4, -0.2) is 44.8 Å². The van der Waals surface area contributed by atoms with Gasteiger partial charge in [0.25, 0.3) is 0 Å². The minimum Gasteiger partial charge on any atom is -0.493 e. The van der Waals surface area contributed by atoms with E-state index in [0.717, 1.165) is 30.0 Å². The molecule has 1 unspecified atom stereocenters. The summed E-state index contributed by atoms with van der Waals surface area (Å²) in [7, 11) is 3.01. The number of hydrogen-bond acceptors (Lipinski definition) is 5. The topological polar surface area (TPSA) is 60.0 Å². The molecule has 2 aromatic carbocycles. The zero-order valence-corrected chi connectivity index (χ0v) is 19.8. The van der Waals surface area contributed by atoms with Crippen LogP contribution < -0.4 is 14.8 Å². The lowest BCUT2D eigenvalue weighted by molar-refractivity contribution is 0.165. The summed E-state index contributed by atoms with van der Waals surface area (Å²) in [5.41, 5.74) is 2.24. The summed E-state index contributed by atoms with van der Waals surface area (Å²) in [6.45, 7) is 11.1. The standard InChI is InChI=1S/C22H30N2O4.C3H8/c1-5-24(14-13-23-22(25)27-4)17(2)19-11-12-20(21(15-19)26-3)28-16-18-9-7-6-8-10-18;1-3-2/h6-12,15,17H,5,13-14,16H2,1-4H3,(H,23,25);3H2,1-2H3. The predicted octanol–water partition coefficient (Wildman–Crippen LogP) is 5.43. The first-order valence-electron chi connectivity index (χ1n) is 10.9. The molecule has 1 atom stereocenters. The number of ether oxygens (including phenoxy) is 3. The summed E-state index contributed by atoms with van der Waals surface area (Å²) in [5.74, 6) is 1.43. The molecule has 0 radical (unpaired) electrons. The SMILES string of the molecule is CCC.CCN(CCNC(=O)OC)C(C)c1ccc(OCc2ccccc2)c(OC)c1. The molecule has 31 heavy (non-hydrogen) atoms. The molecule has 1 N–H and O–H groups in total. The molecule has 0 spiro atoms. The molecule has 0 aliphatic heterocycles. The van der Waals surface area contributed by atoms with E-state index in [1.54, 1.807) is 7.11 Å². The summed E-state index contributed by atoms with van der Waals surface area (Å²) in [6, 6.07) is 16.2. The molecular formula is C25H38N2O4. The maximum Gasteiger partial charge on any atom is 0.406 e. The highest BCUT2D eigenvalue weighted by Crippen LogP contribution is 2.32. The van der Waals surface area contributed by atoms with Gasteiger partial charge in [-0.1, -0.05) is 63.6 Å². The molecule has 6 nitrogen and oxygen atoms in total. The van der Waals surface area contributed by atoms with Crippen molar-refractivity contribution in [2.24, 2.45) is 0 Å². The Labute approximate surface area is 187 Å². The van der Waals surface area contributed by atoms with Crippen LogP contribution in [0.4, 0.5) is 4.79 Å². The molecule has 6 heteroatoms. The van der Waals surface area contributed by atoms with Crippen molar-refractivity contribution in [3.8, 4) is 11.5 Å². The highest BCUT2D eigenvalue weighted by atomic mass is 16.5. The first-order chi connectivity index (χ1) is 15.0. The van der Waals surface area contributed by atoms with E-state index >= 15 is 0 Å². The van der Waals surface area contributed by atoms with Crippen molar-refractivity contribution in [3.63, 3.8) is 0 Å². The summed E-state index contributed by atoms with van der Waals surface area (Å²) in [4.78, 5) is 13.5. The largest absolute Gasteiger partial charge is 0.493 e. The van der Waals surface area contributed by atoms with Crippen LogP contribution in [0, 0.1) is 0 Å². The van der Waals surface area contributed by atoms with Crippen molar-refractivity contribution in [2.75, 3.05) is 33.9 Å². The van der Waals surface area contributed by atoms with Gasteiger partial charge in [0, 0.05) is 19.1 Å². The number of hydrogen-bond donors (Lipinski definition) is 1. The number of methoxy groups -OCH3 is 2. The molecule has 0 bridgehead atoms. The Hall–Kier alpha value is -2.73. The van der Waals surface area contributed by atoms with Crippen LogP contribution in [0.25, 0.3) is 0 Å². The van der Waals surface area contributed by atoms with E-state index in [-0.39, 0.29) is 6.04 Å². The van der Waals surface area contributed by atoms with Crippen molar-refractivity contribution in [1.82, 2.24) is 10.2 Å². The molecule has 0 aliphatic carbocycles. The van der Waals surface area contributed by atoms with Crippen molar-refractivity contribution < 1.29 is 19.0 Å². The molecule has 2 rings (SSSR count). The average Bonchev–Trinajstić information content (AvgIpc) is 2.81. The molecule has 2 aromatic rings. The monoisotopic (exact) mass is 430 g/mol. The van der Waals surface area contributed by atoms with Crippen molar-refractivity contribution >= 4 is 6.09 Å². The van der Waals surface area contributed by atoms with Crippen molar-refractivity contribution in [1.29, 1.82) is 0 Å². The van der Waals surface area contributed by atoms with Crippen LogP contribution in [0.1, 0.15) is 51.3 Å². The van der Waals surface area contributed by atoms with Crippen LogP contribution in [0.2, 0.25) is 0 Å². The zero-order valence-electron chi connectivity index (χ0n) is 19.8.